The van der Waals surface area contributed by atoms with Crippen LogP contribution in [-0.2, 0) is 24.1 Å². The lowest BCUT2D eigenvalue weighted by atomic mass is 10.1. The van der Waals surface area contributed by atoms with Crippen molar-refractivity contribution in [3.63, 3.8) is 0 Å². The van der Waals surface area contributed by atoms with Gasteiger partial charge in [0.15, 0.2) is 5.96 Å². The van der Waals surface area contributed by atoms with Crippen LogP contribution in [0.2, 0.25) is 0 Å². The van der Waals surface area contributed by atoms with Crippen molar-refractivity contribution in [3.05, 3.63) is 47.8 Å². The van der Waals surface area contributed by atoms with E-state index in [1.54, 1.807) is 12.4 Å². The lowest BCUT2D eigenvalue weighted by Gasteiger charge is -2.26. The van der Waals surface area contributed by atoms with E-state index in [9.17, 15) is 4.39 Å². The van der Waals surface area contributed by atoms with Crippen molar-refractivity contribution in [1.29, 1.82) is 0 Å². The second-order valence-corrected chi connectivity index (χ2v) is 7.53. The molecule has 1 aliphatic rings. The molecular formula is C22H34FN7O. The third kappa shape index (κ3) is 7.91. The number of nitrogens with zero attached hydrogens (tertiary/aromatic N) is 5. The molecule has 1 fully saturated rings. The van der Waals surface area contributed by atoms with Gasteiger partial charge in [-0.05, 0) is 24.5 Å². The van der Waals surface area contributed by atoms with Crippen LogP contribution in [0.1, 0.15) is 24.7 Å². The summed E-state index contributed by atoms with van der Waals surface area (Å²) in [5.74, 6) is 1.56. The maximum absolute atomic E-state index is 13.9. The van der Waals surface area contributed by atoms with Gasteiger partial charge >= 0.3 is 0 Å². The van der Waals surface area contributed by atoms with Gasteiger partial charge < -0.3 is 19.9 Å². The molecule has 1 saturated heterocycles. The summed E-state index contributed by atoms with van der Waals surface area (Å²) in [7, 11) is 0. The Labute approximate surface area is 183 Å². The molecule has 0 aliphatic carbocycles. The van der Waals surface area contributed by atoms with Crippen molar-refractivity contribution in [2.45, 2.75) is 32.7 Å². The summed E-state index contributed by atoms with van der Waals surface area (Å²) in [6.45, 7) is 9.53. The fourth-order valence-corrected chi connectivity index (χ4v) is 3.54. The van der Waals surface area contributed by atoms with E-state index in [1.807, 2.05) is 16.7 Å². The molecule has 31 heavy (non-hydrogen) atoms. The summed E-state index contributed by atoms with van der Waals surface area (Å²) in [6, 6.07) is 6.90. The number of nitrogens with one attached hydrogen (secondary N) is 2. The summed E-state index contributed by atoms with van der Waals surface area (Å²) in [6.07, 6.45) is 4.20. The third-order valence-corrected chi connectivity index (χ3v) is 5.31. The molecule has 0 amide bonds. The van der Waals surface area contributed by atoms with Crippen molar-refractivity contribution in [3.8, 4) is 0 Å². The molecule has 2 N–H and O–H groups in total. The number of rotatable bonds is 11. The minimum atomic E-state index is -0.166. The van der Waals surface area contributed by atoms with E-state index in [4.69, 9.17) is 9.73 Å². The van der Waals surface area contributed by atoms with Gasteiger partial charge in [0.1, 0.15) is 18.0 Å². The molecule has 1 aliphatic heterocycles. The Morgan fingerprint density at radius 2 is 1.97 bits per heavy atom. The molecule has 1 aromatic carbocycles. The van der Waals surface area contributed by atoms with Gasteiger partial charge in [0.25, 0.3) is 0 Å². The van der Waals surface area contributed by atoms with Crippen LogP contribution < -0.4 is 10.6 Å². The largest absolute Gasteiger partial charge is 0.379 e. The zero-order valence-corrected chi connectivity index (χ0v) is 18.4. The van der Waals surface area contributed by atoms with Crippen molar-refractivity contribution >= 4 is 5.96 Å². The first kappa shape index (κ1) is 23.1. The van der Waals surface area contributed by atoms with Gasteiger partial charge in [-0.15, -0.1) is 10.2 Å². The SMILES string of the molecule is CCc1nncn1CCNC(=NCCCN1CCOCC1)NCCc1ccccc1F. The number of ether oxygens (including phenoxy) is 1. The number of aromatic nitrogens is 3. The molecule has 1 aromatic heterocycles. The molecular weight excluding hydrogens is 397 g/mol. The summed E-state index contributed by atoms with van der Waals surface area (Å²) < 4.78 is 21.3. The third-order valence-electron chi connectivity index (χ3n) is 5.31. The predicted molar refractivity (Wildman–Crippen MR) is 120 cm³/mol. The maximum Gasteiger partial charge on any atom is 0.191 e. The zero-order chi connectivity index (χ0) is 21.7. The normalized spacial score (nSPS) is 15.2. The average Bonchev–Trinajstić information content (AvgIpc) is 3.26. The van der Waals surface area contributed by atoms with Crippen LogP contribution in [0.3, 0.4) is 0 Å². The lowest BCUT2D eigenvalue weighted by Crippen LogP contribution is -2.40. The first-order valence-corrected chi connectivity index (χ1v) is 11.2. The highest BCUT2D eigenvalue weighted by atomic mass is 19.1. The van der Waals surface area contributed by atoms with Gasteiger partial charge in [-0.3, -0.25) is 9.89 Å². The van der Waals surface area contributed by atoms with Gasteiger partial charge in [0.2, 0.25) is 0 Å². The number of guanidine groups is 1. The minimum absolute atomic E-state index is 0.166. The van der Waals surface area contributed by atoms with Crippen LogP contribution in [0.4, 0.5) is 4.39 Å². The summed E-state index contributed by atoms with van der Waals surface area (Å²) in [4.78, 5) is 7.14. The second-order valence-electron chi connectivity index (χ2n) is 7.53. The number of aliphatic imine (C=N–C) groups is 1. The molecule has 0 radical (unpaired) electrons. The summed E-state index contributed by atoms with van der Waals surface area (Å²) >= 11 is 0. The first-order valence-electron chi connectivity index (χ1n) is 11.2. The van der Waals surface area contributed by atoms with E-state index >= 15 is 0 Å². The predicted octanol–water partition coefficient (Wildman–Crippen LogP) is 1.48. The lowest BCUT2D eigenvalue weighted by molar-refractivity contribution is 0.0377. The van der Waals surface area contributed by atoms with Crippen LogP contribution in [0.25, 0.3) is 0 Å². The molecule has 0 unspecified atom stereocenters. The number of hydrogen-bond acceptors (Lipinski definition) is 5. The Kier molecular flexibility index (Phi) is 9.72. The van der Waals surface area contributed by atoms with Crippen molar-refractivity contribution in [2.24, 2.45) is 4.99 Å². The molecule has 2 aromatic rings. The van der Waals surface area contributed by atoms with E-state index in [-0.39, 0.29) is 5.82 Å². The monoisotopic (exact) mass is 431 g/mol. The second kappa shape index (κ2) is 13.0. The number of halogens is 1. The van der Waals surface area contributed by atoms with Crippen LogP contribution in [0.15, 0.2) is 35.6 Å². The fraction of sp³-hybridized carbons (Fsp3) is 0.591. The van der Waals surface area contributed by atoms with Crippen LogP contribution >= 0.6 is 0 Å². The van der Waals surface area contributed by atoms with E-state index < -0.39 is 0 Å². The highest BCUT2D eigenvalue weighted by molar-refractivity contribution is 5.79. The van der Waals surface area contributed by atoms with Crippen molar-refractivity contribution in [2.75, 3.05) is 52.5 Å². The number of aryl methyl sites for hydroxylation is 1. The molecule has 0 bridgehead atoms. The summed E-state index contributed by atoms with van der Waals surface area (Å²) in [5.41, 5.74) is 0.707. The molecule has 9 heteroatoms. The van der Waals surface area contributed by atoms with E-state index in [2.05, 4.69) is 32.7 Å². The van der Waals surface area contributed by atoms with E-state index in [0.717, 1.165) is 70.6 Å². The van der Waals surface area contributed by atoms with Gasteiger partial charge in [0, 0.05) is 52.2 Å². The van der Waals surface area contributed by atoms with Crippen molar-refractivity contribution < 1.29 is 9.13 Å². The van der Waals surface area contributed by atoms with Crippen molar-refractivity contribution in [1.82, 2.24) is 30.3 Å². The molecule has 0 atom stereocenters. The Hall–Kier alpha value is -2.52. The Morgan fingerprint density at radius 3 is 2.77 bits per heavy atom. The molecule has 3 rings (SSSR count). The standard InChI is InChI=1S/C22H34FN7O/c1-2-21-28-27-18-30(21)13-11-26-22(24-9-5-12-29-14-16-31-17-15-29)25-10-8-19-6-3-4-7-20(19)23/h3-4,6-7,18H,2,5,8-17H2,1H3,(H2,24,25,26). The van der Waals surface area contributed by atoms with Gasteiger partial charge in [-0.2, -0.15) is 0 Å². The topological polar surface area (TPSA) is 79.6 Å². The van der Waals surface area contributed by atoms with Crippen LogP contribution in [0, 0.1) is 5.82 Å². The quantitative estimate of drug-likeness (QED) is 0.319. The molecule has 8 nitrogen and oxygen atoms in total. The molecule has 170 valence electrons. The molecule has 0 spiro atoms. The average molecular weight is 432 g/mol. The van der Waals surface area contributed by atoms with Crippen LogP contribution in [0.5, 0.6) is 0 Å². The Morgan fingerprint density at radius 1 is 1.16 bits per heavy atom. The maximum atomic E-state index is 13.9. The van der Waals surface area contributed by atoms with Gasteiger partial charge in [0.05, 0.1) is 13.2 Å². The van der Waals surface area contributed by atoms with Gasteiger partial charge in [-0.25, -0.2) is 4.39 Å². The first-order chi connectivity index (χ1) is 15.3. The zero-order valence-electron chi connectivity index (χ0n) is 18.4. The Balaban J connectivity index is 1.47. The fourth-order valence-electron chi connectivity index (χ4n) is 3.54. The Bertz CT molecular complexity index is 805. The van der Waals surface area contributed by atoms with E-state index in [1.165, 1.54) is 6.07 Å². The minimum Gasteiger partial charge on any atom is -0.379 e. The van der Waals surface area contributed by atoms with Crippen LogP contribution in [-0.4, -0.2) is 78.1 Å². The molecule has 2 heterocycles. The van der Waals surface area contributed by atoms with E-state index in [0.29, 0.717) is 25.1 Å². The number of benzene rings is 1. The summed E-state index contributed by atoms with van der Waals surface area (Å²) in [5, 5.41) is 14.8. The number of morpholine rings is 1. The van der Waals surface area contributed by atoms with Gasteiger partial charge in [-0.1, -0.05) is 25.1 Å². The number of hydrogen-bond donors (Lipinski definition) is 2. The highest BCUT2D eigenvalue weighted by Gasteiger charge is 2.09. The molecule has 0 saturated carbocycles. The highest BCUT2D eigenvalue weighted by Crippen LogP contribution is 2.06. The smallest absolute Gasteiger partial charge is 0.191 e.